The Morgan fingerprint density at radius 2 is 0.688 bits per heavy atom. The standard InChI is InChI=1S/C28H58O4/c1-26(30)25-28(32)22-20-18-16-14-12-10-8-6-4-2-3-5-7-9-11-13-15-17-19-21-27(31)23-24-29/h26-32H,2-25H2,1H3/t26-,27-,28+/m0/s1. The number of hydrogen-bond donors (Lipinski definition) is 4. The smallest absolute Gasteiger partial charge is 0.0564 e. The number of aliphatic hydroxyl groups excluding tert-OH is 4. The van der Waals surface area contributed by atoms with Gasteiger partial charge in [-0.05, 0) is 32.6 Å². The van der Waals surface area contributed by atoms with Crippen LogP contribution in [-0.2, 0) is 0 Å². The molecule has 0 spiro atoms. The molecule has 0 heterocycles. The molecule has 194 valence electrons. The minimum Gasteiger partial charge on any atom is -0.396 e. The fourth-order valence-electron chi connectivity index (χ4n) is 4.57. The van der Waals surface area contributed by atoms with E-state index in [2.05, 4.69) is 0 Å². The topological polar surface area (TPSA) is 80.9 Å². The molecule has 4 heteroatoms. The van der Waals surface area contributed by atoms with Crippen molar-refractivity contribution in [1.82, 2.24) is 0 Å². The molecule has 0 aliphatic carbocycles. The van der Waals surface area contributed by atoms with Gasteiger partial charge in [0, 0.05) is 6.61 Å². The van der Waals surface area contributed by atoms with E-state index in [0.717, 1.165) is 25.7 Å². The van der Waals surface area contributed by atoms with Crippen molar-refractivity contribution in [2.75, 3.05) is 6.61 Å². The maximum absolute atomic E-state index is 9.73. The Bertz CT molecular complexity index is 348. The summed E-state index contributed by atoms with van der Waals surface area (Å²) in [5.74, 6) is 0. The zero-order valence-electron chi connectivity index (χ0n) is 21.5. The van der Waals surface area contributed by atoms with Crippen LogP contribution in [0.5, 0.6) is 0 Å². The van der Waals surface area contributed by atoms with E-state index in [1.165, 1.54) is 109 Å². The molecule has 0 unspecified atom stereocenters. The van der Waals surface area contributed by atoms with E-state index in [0.29, 0.717) is 12.8 Å². The van der Waals surface area contributed by atoms with Crippen LogP contribution in [0.25, 0.3) is 0 Å². The van der Waals surface area contributed by atoms with Crippen LogP contribution in [0.15, 0.2) is 0 Å². The van der Waals surface area contributed by atoms with E-state index in [1.54, 1.807) is 6.92 Å². The number of hydrogen-bond acceptors (Lipinski definition) is 4. The highest BCUT2D eigenvalue weighted by Gasteiger charge is 2.07. The van der Waals surface area contributed by atoms with Gasteiger partial charge in [-0.25, -0.2) is 0 Å². The number of aliphatic hydroxyl groups is 4. The highest BCUT2D eigenvalue weighted by Crippen LogP contribution is 2.16. The minimum atomic E-state index is -0.387. The molecule has 0 fully saturated rings. The molecule has 32 heavy (non-hydrogen) atoms. The molecule has 0 aliphatic heterocycles. The first-order valence-electron chi connectivity index (χ1n) is 14.2. The lowest BCUT2D eigenvalue weighted by Gasteiger charge is -2.11. The van der Waals surface area contributed by atoms with Crippen LogP contribution in [0.4, 0.5) is 0 Å². The molecule has 0 bridgehead atoms. The third-order valence-corrected chi connectivity index (χ3v) is 6.65. The Morgan fingerprint density at radius 1 is 0.406 bits per heavy atom. The summed E-state index contributed by atoms with van der Waals surface area (Å²) in [6.07, 6.45) is 26.9. The molecular formula is C28H58O4. The van der Waals surface area contributed by atoms with E-state index >= 15 is 0 Å². The van der Waals surface area contributed by atoms with Crippen LogP contribution >= 0.6 is 0 Å². The van der Waals surface area contributed by atoms with Crippen molar-refractivity contribution in [3.8, 4) is 0 Å². The van der Waals surface area contributed by atoms with Gasteiger partial charge in [-0.15, -0.1) is 0 Å². The molecule has 0 radical (unpaired) electrons. The van der Waals surface area contributed by atoms with Crippen molar-refractivity contribution in [1.29, 1.82) is 0 Å². The highest BCUT2D eigenvalue weighted by atomic mass is 16.3. The minimum absolute atomic E-state index is 0.0997. The Hall–Kier alpha value is -0.160. The zero-order valence-corrected chi connectivity index (χ0v) is 21.5. The predicted octanol–water partition coefficient (Wildman–Crippen LogP) is 7.05. The van der Waals surface area contributed by atoms with Crippen molar-refractivity contribution < 1.29 is 20.4 Å². The Labute approximate surface area is 200 Å². The average Bonchev–Trinajstić information content (AvgIpc) is 2.74. The van der Waals surface area contributed by atoms with E-state index in [-0.39, 0.29) is 24.9 Å². The van der Waals surface area contributed by atoms with Gasteiger partial charge in [0.05, 0.1) is 18.3 Å². The second-order valence-corrected chi connectivity index (χ2v) is 10.2. The molecule has 3 atom stereocenters. The summed E-state index contributed by atoms with van der Waals surface area (Å²) in [5.41, 5.74) is 0. The predicted molar refractivity (Wildman–Crippen MR) is 137 cm³/mol. The quantitative estimate of drug-likeness (QED) is 0.105. The van der Waals surface area contributed by atoms with Gasteiger partial charge in [0.15, 0.2) is 0 Å². The van der Waals surface area contributed by atoms with Crippen LogP contribution in [0, 0.1) is 0 Å². The van der Waals surface area contributed by atoms with Gasteiger partial charge < -0.3 is 20.4 Å². The lowest BCUT2D eigenvalue weighted by atomic mass is 10.0. The van der Waals surface area contributed by atoms with Gasteiger partial charge in [0.2, 0.25) is 0 Å². The number of unbranched alkanes of at least 4 members (excludes halogenated alkanes) is 18. The van der Waals surface area contributed by atoms with Gasteiger partial charge in [0.25, 0.3) is 0 Å². The molecular weight excluding hydrogens is 400 g/mol. The maximum Gasteiger partial charge on any atom is 0.0564 e. The van der Waals surface area contributed by atoms with Crippen molar-refractivity contribution >= 4 is 0 Å². The molecule has 0 aromatic carbocycles. The monoisotopic (exact) mass is 458 g/mol. The first kappa shape index (κ1) is 31.8. The van der Waals surface area contributed by atoms with Gasteiger partial charge in [-0.3, -0.25) is 0 Å². The molecule has 4 N–H and O–H groups in total. The second-order valence-electron chi connectivity index (χ2n) is 10.2. The molecule has 0 aromatic heterocycles. The third kappa shape index (κ3) is 26.1. The fraction of sp³-hybridized carbons (Fsp3) is 1.00. The summed E-state index contributed by atoms with van der Waals surface area (Å²) in [5, 5.41) is 37.3. The lowest BCUT2D eigenvalue weighted by Crippen LogP contribution is -2.14. The van der Waals surface area contributed by atoms with E-state index in [1.807, 2.05) is 0 Å². The first-order valence-corrected chi connectivity index (χ1v) is 14.2. The lowest BCUT2D eigenvalue weighted by molar-refractivity contribution is 0.0834. The fourth-order valence-corrected chi connectivity index (χ4v) is 4.57. The maximum atomic E-state index is 9.73. The summed E-state index contributed by atoms with van der Waals surface area (Å²) >= 11 is 0. The average molecular weight is 459 g/mol. The Balaban J connectivity index is 3.09. The molecule has 0 saturated carbocycles. The van der Waals surface area contributed by atoms with Crippen molar-refractivity contribution in [3.05, 3.63) is 0 Å². The van der Waals surface area contributed by atoms with Gasteiger partial charge in [-0.2, -0.15) is 0 Å². The van der Waals surface area contributed by atoms with Gasteiger partial charge >= 0.3 is 0 Å². The Kier molecular flexibility index (Phi) is 25.3. The molecule has 0 rings (SSSR count). The Morgan fingerprint density at radius 3 is 0.969 bits per heavy atom. The van der Waals surface area contributed by atoms with Crippen LogP contribution in [0.3, 0.4) is 0 Å². The van der Waals surface area contributed by atoms with E-state index < -0.39 is 0 Å². The summed E-state index contributed by atoms with van der Waals surface area (Å²) < 4.78 is 0. The van der Waals surface area contributed by atoms with E-state index in [4.69, 9.17) is 5.11 Å². The van der Waals surface area contributed by atoms with Crippen LogP contribution < -0.4 is 0 Å². The summed E-state index contributed by atoms with van der Waals surface area (Å²) in [7, 11) is 0. The van der Waals surface area contributed by atoms with Crippen molar-refractivity contribution in [2.24, 2.45) is 0 Å². The largest absolute Gasteiger partial charge is 0.396 e. The third-order valence-electron chi connectivity index (χ3n) is 6.65. The molecule has 0 aliphatic rings. The van der Waals surface area contributed by atoms with Crippen LogP contribution in [-0.4, -0.2) is 45.3 Å². The van der Waals surface area contributed by atoms with Crippen LogP contribution in [0.1, 0.15) is 155 Å². The SMILES string of the molecule is C[C@H](O)C[C@H](O)CCCCCCCCCCCCCCCCCCCCC[C@H](O)CCO. The molecule has 4 nitrogen and oxygen atoms in total. The normalized spacial score (nSPS) is 14.5. The molecule has 0 amide bonds. The summed E-state index contributed by atoms with van der Waals surface area (Å²) in [6.45, 7) is 1.84. The molecule has 0 aromatic rings. The highest BCUT2D eigenvalue weighted by molar-refractivity contribution is 4.60. The van der Waals surface area contributed by atoms with Crippen molar-refractivity contribution in [3.63, 3.8) is 0 Å². The van der Waals surface area contributed by atoms with Gasteiger partial charge in [-0.1, -0.05) is 122 Å². The summed E-state index contributed by atoms with van der Waals surface area (Å²) in [4.78, 5) is 0. The van der Waals surface area contributed by atoms with Crippen molar-refractivity contribution in [2.45, 2.75) is 173 Å². The zero-order chi connectivity index (χ0) is 23.7. The van der Waals surface area contributed by atoms with Crippen LogP contribution in [0.2, 0.25) is 0 Å². The van der Waals surface area contributed by atoms with E-state index in [9.17, 15) is 15.3 Å². The van der Waals surface area contributed by atoms with Gasteiger partial charge in [0.1, 0.15) is 0 Å². The summed E-state index contributed by atoms with van der Waals surface area (Å²) in [6, 6.07) is 0. The number of rotatable bonds is 26. The first-order chi connectivity index (χ1) is 15.6. The second kappa shape index (κ2) is 25.5. The molecule has 0 saturated heterocycles.